The number of imide groups is 1. The molecule has 5 heteroatoms. The first kappa shape index (κ1) is 13.2. The largest absolute Gasteiger partial charge is 0.391 e. The van der Waals surface area contributed by atoms with Crippen LogP contribution in [0.1, 0.15) is 30.9 Å². The van der Waals surface area contributed by atoms with E-state index in [9.17, 15) is 9.59 Å². The quantitative estimate of drug-likeness (QED) is 0.680. The molecule has 2 N–H and O–H groups in total. The summed E-state index contributed by atoms with van der Waals surface area (Å²) in [5.74, 6) is -0.551. The van der Waals surface area contributed by atoms with Gasteiger partial charge in [0.1, 0.15) is 11.0 Å². The van der Waals surface area contributed by atoms with Crippen molar-refractivity contribution in [2.75, 3.05) is 0 Å². The third-order valence-electron chi connectivity index (χ3n) is 4.27. The van der Waals surface area contributed by atoms with Gasteiger partial charge in [0.25, 0.3) is 0 Å². The molecule has 0 radical (unpaired) electrons. The van der Waals surface area contributed by atoms with E-state index in [0.717, 1.165) is 24.8 Å². The highest BCUT2D eigenvalue weighted by Crippen LogP contribution is 2.42. The first-order chi connectivity index (χ1) is 9.61. The summed E-state index contributed by atoms with van der Waals surface area (Å²) < 4.78 is 0. The molecule has 3 rings (SSSR count). The number of fused-ring (bicyclic) bond motifs is 1. The van der Waals surface area contributed by atoms with Crippen LogP contribution < -0.4 is 5.73 Å². The molecular formula is C15H16N2O2S. The summed E-state index contributed by atoms with van der Waals surface area (Å²) in [6.45, 7) is 0. The zero-order valence-corrected chi connectivity index (χ0v) is 11.8. The van der Waals surface area contributed by atoms with Crippen molar-refractivity contribution in [3.8, 4) is 0 Å². The van der Waals surface area contributed by atoms with E-state index in [4.69, 9.17) is 18.0 Å². The van der Waals surface area contributed by atoms with Gasteiger partial charge in [-0.25, -0.2) is 0 Å². The van der Waals surface area contributed by atoms with Crippen molar-refractivity contribution in [1.29, 1.82) is 0 Å². The fourth-order valence-electron chi connectivity index (χ4n) is 3.35. The van der Waals surface area contributed by atoms with Crippen molar-refractivity contribution in [3.05, 3.63) is 35.9 Å². The van der Waals surface area contributed by atoms with Gasteiger partial charge in [0.15, 0.2) is 0 Å². The molecule has 3 unspecified atom stereocenters. The second kappa shape index (κ2) is 4.98. The zero-order chi connectivity index (χ0) is 14.3. The number of nitrogens with two attached hydrogens (primary N) is 1. The van der Waals surface area contributed by atoms with Gasteiger partial charge in [-0.15, -0.1) is 0 Å². The first-order valence-electron chi connectivity index (χ1n) is 6.82. The van der Waals surface area contributed by atoms with Crippen LogP contribution in [0.15, 0.2) is 30.3 Å². The number of rotatable bonds is 3. The lowest BCUT2D eigenvalue weighted by Crippen LogP contribution is -2.41. The zero-order valence-electron chi connectivity index (χ0n) is 11.0. The monoisotopic (exact) mass is 288 g/mol. The Kier molecular flexibility index (Phi) is 3.30. The maximum atomic E-state index is 12.5. The lowest BCUT2D eigenvalue weighted by atomic mass is 10.00. The molecule has 3 atom stereocenters. The van der Waals surface area contributed by atoms with Crippen LogP contribution in [0.25, 0.3) is 0 Å². The van der Waals surface area contributed by atoms with Crippen molar-refractivity contribution in [2.45, 2.75) is 25.3 Å². The molecule has 1 heterocycles. The van der Waals surface area contributed by atoms with E-state index in [0.29, 0.717) is 0 Å². The van der Waals surface area contributed by atoms with E-state index in [1.165, 1.54) is 4.90 Å². The topological polar surface area (TPSA) is 63.4 Å². The van der Waals surface area contributed by atoms with Crippen LogP contribution >= 0.6 is 12.2 Å². The lowest BCUT2D eigenvalue weighted by molar-refractivity contribution is -0.141. The van der Waals surface area contributed by atoms with Crippen molar-refractivity contribution < 1.29 is 9.59 Å². The van der Waals surface area contributed by atoms with E-state index in [2.05, 4.69) is 0 Å². The molecule has 2 fully saturated rings. The number of amides is 2. The Labute approximate surface area is 122 Å². The standard InChI is InChI=1S/C15H16N2O2S/c16-13(20)12(9-5-2-1-3-6-9)17-14(18)10-7-4-8-11(10)15(17)19/h1-3,5-6,10-12H,4,7-8H2,(H2,16,20). The molecule has 4 nitrogen and oxygen atoms in total. The molecule has 1 aliphatic carbocycles. The highest BCUT2D eigenvalue weighted by molar-refractivity contribution is 7.80. The minimum absolute atomic E-state index is 0.112. The van der Waals surface area contributed by atoms with E-state index in [1.807, 2.05) is 30.3 Å². The summed E-state index contributed by atoms with van der Waals surface area (Å²) in [6.07, 6.45) is 2.54. The van der Waals surface area contributed by atoms with Gasteiger partial charge >= 0.3 is 0 Å². The molecule has 2 amide bonds. The molecule has 1 aliphatic heterocycles. The molecule has 2 aliphatic rings. The molecule has 0 aromatic heterocycles. The Bertz CT molecular complexity index is 550. The van der Waals surface area contributed by atoms with Crippen molar-refractivity contribution >= 4 is 29.0 Å². The Balaban J connectivity index is 1.99. The Morgan fingerprint density at radius 3 is 2.20 bits per heavy atom. The second-order valence-corrected chi connectivity index (χ2v) is 5.88. The van der Waals surface area contributed by atoms with Gasteiger partial charge in [-0.05, 0) is 18.4 Å². The van der Waals surface area contributed by atoms with Gasteiger partial charge in [-0.1, -0.05) is 49.0 Å². The Morgan fingerprint density at radius 1 is 1.15 bits per heavy atom. The summed E-state index contributed by atoms with van der Waals surface area (Å²) >= 11 is 5.10. The summed E-state index contributed by atoms with van der Waals surface area (Å²) in [6, 6.07) is 8.66. The molecule has 104 valence electrons. The van der Waals surface area contributed by atoms with Crippen molar-refractivity contribution in [3.63, 3.8) is 0 Å². The van der Waals surface area contributed by atoms with Gasteiger partial charge < -0.3 is 5.73 Å². The molecule has 1 aromatic carbocycles. The maximum absolute atomic E-state index is 12.5. The summed E-state index contributed by atoms with van der Waals surface area (Å²) in [5, 5.41) is 0. The second-order valence-electron chi connectivity index (χ2n) is 5.41. The van der Waals surface area contributed by atoms with E-state index < -0.39 is 6.04 Å². The van der Waals surface area contributed by atoms with Crippen molar-refractivity contribution in [1.82, 2.24) is 4.90 Å². The molecule has 1 aromatic rings. The van der Waals surface area contributed by atoms with Gasteiger partial charge in [-0.2, -0.15) is 0 Å². The van der Waals surface area contributed by atoms with Crippen LogP contribution in [0, 0.1) is 11.8 Å². The van der Waals surface area contributed by atoms with Gasteiger partial charge in [0.2, 0.25) is 11.8 Å². The fourth-order valence-corrected chi connectivity index (χ4v) is 3.59. The smallest absolute Gasteiger partial charge is 0.234 e. The van der Waals surface area contributed by atoms with E-state index >= 15 is 0 Å². The average molecular weight is 288 g/mol. The van der Waals surface area contributed by atoms with Crippen LogP contribution in [0.5, 0.6) is 0 Å². The summed E-state index contributed by atoms with van der Waals surface area (Å²) in [4.78, 5) is 26.5. The lowest BCUT2D eigenvalue weighted by Gasteiger charge is -2.26. The number of nitrogens with zero attached hydrogens (tertiary/aromatic N) is 1. The van der Waals surface area contributed by atoms with Gasteiger partial charge in [0.05, 0.1) is 11.8 Å². The van der Waals surface area contributed by atoms with Crippen LogP contribution in [-0.4, -0.2) is 21.7 Å². The van der Waals surface area contributed by atoms with Crippen LogP contribution in [-0.2, 0) is 9.59 Å². The number of carbonyl (C=O) groups excluding carboxylic acids is 2. The molecule has 20 heavy (non-hydrogen) atoms. The Hall–Kier alpha value is -1.75. The third kappa shape index (κ3) is 1.93. The number of carbonyl (C=O) groups is 2. The summed E-state index contributed by atoms with van der Waals surface area (Å²) in [7, 11) is 0. The molecule has 0 spiro atoms. The predicted octanol–water partition coefficient (Wildman–Crippen LogP) is 1.80. The van der Waals surface area contributed by atoms with E-state index in [-0.39, 0.29) is 28.6 Å². The minimum atomic E-state index is -0.614. The number of hydrogen-bond acceptors (Lipinski definition) is 3. The van der Waals surface area contributed by atoms with Gasteiger partial charge in [0, 0.05) is 0 Å². The highest BCUT2D eigenvalue weighted by Gasteiger charge is 2.52. The van der Waals surface area contributed by atoms with Crippen LogP contribution in [0.2, 0.25) is 0 Å². The minimum Gasteiger partial charge on any atom is -0.391 e. The molecule has 0 bridgehead atoms. The number of thiocarbonyl (C=S) groups is 1. The number of likely N-dealkylation sites (tertiary alicyclic amines) is 1. The predicted molar refractivity (Wildman–Crippen MR) is 78.7 cm³/mol. The number of benzene rings is 1. The fraction of sp³-hybridized carbons (Fsp3) is 0.400. The summed E-state index contributed by atoms with van der Waals surface area (Å²) in [5.41, 5.74) is 6.60. The SMILES string of the molecule is NC(=S)C(c1ccccc1)N1C(=O)C2CCCC2C1=O. The maximum Gasteiger partial charge on any atom is 0.234 e. The van der Waals surface area contributed by atoms with E-state index in [1.54, 1.807) is 0 Å². The molecule has 1 saturated heterocycles. The first-order valence-corrected chi connectivity index (χ1v) is 7.23. The van der Waals surface area contributed by atoms with Crippen LogP contribution in [0.4, 0.5) is 0 Å². The Morgan fingerprint density at radius 2 is 1.70 bits per heavy atom. The van der Waals surface area contributed by atoms with Crippen LogP contribution in [0.3, 0.4) is 0 Å². The molecule has 1 saturated carbocycles. The molecular weight excluding hydrogens is 272 g/mol. The normalized spacial score (nSPS) is 26.7. The third-order valence-corrected chi connectivity index (χ3v) is 4.49. The van der Waals surface area contributed by atoms with Gasteiger partial charge in [-0.3, -0.25) is 14.5 Å². The highest BCUT2D eigenvalue weighted by atomic mass is 32.1. The van der Waals surface area contributed by atoms with Crippen molar-refractivity contribution in [2.24, 2.45) is 17.6 Å². The number of hydrogen-bond donors (Lipinski definition) is 1. The average Bonchev–Trinajstić information content (AvgIpc) is 3.00.